The van der Waals surface area contributed by atoms with Gasteiger partial charge in [0.2, 0.25) is 0 Å². The molecule has 0 spiro atoms. The summed E-state index contributed by atoms with van der Waals surface area (Å²) >= 11 is 0. The molecule has 0 aromatic heterocycles. The molecule has 4 nitrogen and oxygen atoms in total. The number of Topliss-reactive ketones (excluding diaryl/α,β-unsaturated/α-hetero) is 1. The molecule has 0 aliphatic heterocycles. The second-order valence-electron chi connectivity index (χ2n) is 13.5. The summed E-state index contributed by atoms with van der Waals surface area (Å²) in [5.41, 5.74) is 0.984. The molecule has 0 radical (unpaired) electrons. The number of fused-ring (bicyclic) bond motifs is 7. The van der Waals surface area contributed by atoms with Gasteiger partial charge < -0.3 is 10.2 Å². The van der Waals surface area contributed by atoms with Crippen LogP contribution in [0.1, 0.15) is 92.4 Å². The van der Waals surface area contributed by atoms with E-state index < -0.39 is 22.9 Å². The van der Waals surface area contributed by atoms with Gasteiger partial charge in [0, 0.05) is 17.8 Å². The summed E-state index contributed by atoms with van der Waals surface area (Å²) in [5.74, 6) is 0.0232. The van der Waals surface area contributed by atoms with Gasteiger partial charge in [-0.05, 0) is 79.4 Å². The van der Waals surface area contributed by atoms with Crippen LogP contribution in [0.3, 0.4) is 0 Å². The third-order valence-electron chi connectivity index (χ3n) is 12.3. The highest BCUT2D eigenvalue weighted by Crippen LogP contribution is 2.74. The number of hydrogen-bond donors (Lipinski definition) is 2. The molecular weight excluding hydrogens is 412 g/mol. The number of aliphatic hydroxyl groups is 1. The van der Waals surface area contributed by atoms with Crippen LogP contribution in [0.15, 0.2) is 23.8 Å². The van der Waals surface area contributed by atoms with E-state index in [1.54, 1.807) is 0 Å². The summed E-state index contributed by atoms with van der Waals surface area (Å²) in [6, 6.07) is 0. The predicted molar refractivity (Wildman–Crippen MR) is 128 cm³/mol. The van der Waals surface area contributed by atoms with Crippen molar-refractivity contribution in [2.75, 3.05) is 0 Å². The zero-order valence-electron chi connectivity index (χ0n) is 21.2. The van der Waals surface area contributed by atoms with Crippen molar-refractivity contribution in [3.05, 3.63) is 23.8 Å². The maximum absolute atomic E-state index is 13.7. The van der Waals surface area contributed by atoms with Crippen LogP contribution < -0.4 is 0 Å². The second-order valence-corrected chi connectivity index (χ2v) is 13.5. The van der Waals surface area contributed by atoms with Crippen molar-refractivity contribution in [2.45, 2.75) is 98.5 Å². The SMILES string of the molecule is C=C1CC[C@]2(C(=O)O)CC[C@]3(C)C(=CC[C@@H]4[C@@]5(C)C(=O)C[C@H](O)C(C)(C)[C@@H]5CC[C@]43C)[C@@H]2C1. The zero-order chi connectivity index (χ0) is 24.2. The lowest BCUT2D eigenvalue weighted by Crippen LogP contribution is -2.67. The lowest BCUT2D eigenvalue weighted by molar-refractivity contribution is -0.202. The first kappa shape index (κ1) is 23.3. The first-order valence-corrected chi connectivity index (χ1v) is 13.1. The Morgan fingerprint density at radius 2 is 1.73 bits per heavy atom. The van der Waals surface area contributed by atoms with Gasteiger partial charge in [-0.1, -0.05) is 58.4 Å². The van der Waals surface area contributed by atoms with Crippen LogP contribution >= 0.6 is 0 Å². The van der Waals surface area contributed by atoms with Gasteiger partial charge in [-0.2, -0.15) is 0 Å². The average Bonchev–Trinajstić information content (AvgIpc) is 2.73. The van der Waals surface area contributed by atoms with E-state index in [1.165, 1.54) is 11.1 Å². The Morgan fingerprint density at radius 1 is 1.03 bits per heavy atom. The Labute approximate surface area is 198 Å². The van der Waals surface area contributed by atoms with E-state index in [9.17, 15) is 19.8 Å². The molecule has 33 heavy (non-hydrogen) atoms. The Balaban J connectivity index is 1.63. The molecular formula is C29H42O4. The van der Waals surface area contributed by atoms with Gasteiger partial charge in [-0.3, -0.25) is 9.59 Å². The Hall–Kier alpha value is -1.42. The number of carbonyl (C=O) groups excluding carboxylic acids is 1. The summed E-state index contributed by atoms with van der Waals surface area (Å²) in [6.45, 7) is 15.5. The fraction of sp³-hybridized carbons (Fsp3) is 0.793. The molecule has 0 heterocycles. The molecule has 0 bridgehead atoms. The Kier molecular flexibility index (Phi) is 4.83. The molecule has 2 N–H and O–H groups in total. The summed E-state index contributed by atoms with van der Waals surface area (Å²) in [4.78, 5) is 26.3. The fourth-order valence-electron chi connectivity index (χ4n) is 9.87. The summed E-state index contributed by atoms with van der Waals surface area (Å²) in [6.07, 6.45) is 8.76. The van der Waals surface area contributed by atoms with Crippen LogP contribution in [0.4, 0.5) is 0 Å². The van der Waals surface area contributed by atoms with Crippen molar-refractivity contribution in [3.63, 3.8) is 0 Å². The first-order chi connectivity index (χ1) is 15.2. The molecule has 0 aromatic rings. The maximum atomic E-state index is 13.7. The highest BCUT2D eigenvalue weighted by molar-refractivity contribution is 5.87. The van der Waals surface area contributed by atoms with E-state index in [0.29, 0.717) is 12.8 Å². The zero-order valence-corrected chi connectivity index (χ0v) is 21.2. The molecule has 0 amide bonds. The number of ketones is 1. The van der Waals surface area contributed by atoms with Crippen molar-refractivity contribution in [1.82, 2.24) is 0 Å². The molecule has 5 aliphatic carbocycles. The Bertz CT molecular complexity index is 961. The molecule has 0 saturated heterocycles. The van der Waals surface area contributed by atoms with E-state index in [2.05, 4.69) is 47.3 Å². The summed E-state index contributed by atoms with van der Waals surface area (Å²) < 4.78 is 0. The quantitative estimate of drug-likeness (QED) is 0.481. The van der Waals surface area contributed by atoms with Gasteiger partial charge in [-0.25, -0.2) is 0 Å². The minimum absolute atomic E-state index is 0.0265. The highest BCUT2D eigenvalue weighted by atomic mass is 16.4. The summed E-state index contributed by atoms with van der Waals surface area (Å²) in [5, 5.41) is 21.2. The van der Waals surface area contributed by atoms with Gasteiger partial charge >= 0.3 is 5.97 Å². The number of carboxylic acids is 1. The molecule has 4 fully saturated rings. The molecule has 0 unspecified atom stereocenters. The topological polar surface area (TPSA) is 74.6 Å². The lowest BCUT2D eigenvalue weighted by Gasteiger charge is -2.70. The molecule has 4 heteroatoms. The van der Waals surface area contributed by atoms with Crippen LogP contribution in [0.5, 0.6) is 0 Å². The van der Waals surface area contributed by atoms with Gasteiger partial charge in [0.1, 0.15) is 5.78 Å². The van der Waals surface area contributed by atoms with Gasteiger partial charge in [-0.15, -0.1) is 0 Å². The fourth-order valence-corrected chi connectivity index (χ4v) is 9.87. The van der Waals surface area contributed by atoms with Crippen LogP contribution in [-0.2, 0) is 9.59 Å². The largest absolute Gasteiger partial charge is 0.481 e. The number of aliphatic hydroxyl groups excluding tert-OH is 1. The highest BCUT2D eigenvalue weighted by Gasteiger charge is 2.70. The van der Waals surface area contributed by atoms with E-state index in [0.717, 1.165) is 38.5 Å². The van der Waals surface area contributed by atoms with Gasteiger partial charge in [0.15, 0.2) is 0 Å². The van der Waals surface area contributed by atoms with Crippen molar-refractivity contribution >= 4 is 11.8 Å². The van der Waals surface area contributed by atoms with Crippen molar-refractivity contribution in [1.29, 1.82) is 0 Å². The van der Waals surface area contributed by atoms with Gasteiger partial charge in [0.25, 0.3) is 0 Å². The van der Waals surface area contributed by atoms with E-state index in [1.807, 2.05) is 0 Å². The monoisotopic (exact) mass is 454 g/mol. The lowest BCUT2D eigenvalue weighted by atomic mass is 9.33. The second kappa shape index (κ2) is 6.83. The van der Waals surface area contributed by atoms with E-state index in [-0.39, 0.29) is 46.2 Å². The minimum Gasteiger partial charge on any atom is -0.481 e. The molecule has 182 valence electrons. The van der Waals surface area contributed by atoms with Crippen LogP contribution in [0, 0.1) is 44.8 Å². The number of allylic oxidation sites excluding steroid dienone is 3. The number of carbonyl (C=O) groups is 2. The summed E-state index contributed by atoms with van der Waals surface area (Å²) in [7, 11) is 0. The number of rotatable bonds is 1. The predicted octanol–water partition coefficient (Wildman–Crippen LogP) is 5.94. The Morgan fingerprint density at radius 3 is 2.39 bits per heavy atom. The number of carboxylic acid groups (broad SMARTS) is 1. The normalized spacial score (nSPS) is 50.9. The average molecular weight is 455 g/mol. The molecule has 8 atom stereocenters. The standard InChI is InChI=1S/C29H42O4/c1-17-9-12-29(24(32)33)14-13-26(4)18(19(29)15-17)7-8-21-27(26,5)11-10-20-25(2,3)22(30)16-23(31)28(20,21)6/h7,19-22,30H,1,8-16H2,2-6H3,(H,32,33)/t19-,20-,21-,22-,26+,27+,28-,29-/m0/s1. The smallest absolute Gasteiger partial charge is 0.310 e. The number of hydrogen-bond acceptors (Lipinski definition) is 3. The van der Waals surface area contributed by atoms with E-state index in [4.69, 9.17) is 0 Å². The maximum Gasteiger partial charge on any atom is 0.310 e. The van der Waals surface area contributed by atoms with Crippen molar-refractivity contribution in [2.24, 2.45) is 44.8 Å². The van der Waals surface area contributed by atoms with Gasteiger partial charge in [0.05, 0.1) is 11.5 Å². The minimum atomic E-state index is -0.663. The third-order valence-corrected chi connectivity index (χ3v) is 12.3. The van der Waals surface area contributed by atoms with Crippen LogP contribution in [0.2, 0.25) is 0 Å². The van der Waals surface area contributed by atoms with Crippen molar-refractivity contribution in [3.8, 4) is 0 Å². The molecule has 0 aromatic carbocycles. The van der Waals surface area contributed by atoms with Crippen LogP contribution in [0.25, 0.3) is 0 Å². The molecule has 5 rings (SSSR count). The molecule has 5 aliphatic rings. The third kappa shape index (κ3) is 2.62. The van der Waals surface area contributed by atoms with Crippen molar-refractivity contribution < 1.29 is 19.8 Å². The van der Waals surface area contributed by atoms with E-state index >= 15 is 0 Å². The first-order valence-electron chi connectivity index (χ1n) is 13.1. The molecule has 4 saturated carbocycles. The number of aliphatic carboxylic acids is 1. The van der Waals surface area contributed by atoms with Crippen LogP contribution in [-0.4, -0.2) is 28.1 Å².